The van der Waals surface area contributed by atoms with Crippen molar-refractivity contribution in [2.45, 2.75) is 83.7 Å². The molecule has 4 aliphatic carbocycles. The third-order valence-electron chi connectivity index (χ3n) is 9.36. The Balaban J connectivity index is 1.63. The van der Waals surface area contributed by atoms with Gasteiger partial charge in [0.1, 0.15) is 0 Å². The molecule has 5 heteroatoms. The molecule has 1 unspecified atom stereocenters. The number of carbonyl (C=O) groups is 1. The zero-order valence-corrected chi connectivity index (χ0v) is 16.0. The number of rotatable bonds is 2. The number of aliphatic hydroxyl groups is 4. The molecule has 4 saturated carbocycles. The van der Waals surface area contributed by atoms with Gasteiger partial charge in [-0.15, -0.1) is 0 Å². The molecule has 0 heterocycles. The summed E-state index contributed by atoms with van der Waals surface area (Å²) in [5, 5.41) is 39.2. The number of carbonyl (C=O) groups excluding carboxylic acids is 1. The Hall–Kier alpha value is -0.490. The summed E-state index contributed by atoms with van der Waals surface area (Å²) < 4.78 is 0. The summed E-state index contributed by atoms with van der Waals surface area (Å²) in [5.41, 5.74) is -0.292. The van der Waals surface area contributed by atoms with E-state index in [0.717, 1.165) is 44.9 Å². The predicted octanol–water partition coefficient (Wildman–Crippen LogP) is 2.21. The highest BCUT2D eigenvalue weighted by Gasteiger charge is 2.63. The second-order valence-corrected chi connectivity index (χ2v) is 10.1. The minimum atomic E-state index is -3.22. The minimum Gasteiger partial charge on any atom is -0.393 e. The van der Waals surface area contributed by atoms with E-state index in [4.69, 9.17) is 0 Å². The second-order valence-electron chi connectivity index (χ2n) is 10.1. The highest BCUT2D eigenvalue weighted by Crippen LogP contribution is 2.67. The van der Waals surface area contributed by atoms with Gasteiger partial charge in [-0.3, -0.25) is 4.79 Å². The summed E-state index contributed by atoms with van der Waals surface area (Å²) in [7, 11) is 0. The summed E-state index contributed by atoms with van der Waals surface area (Å²) in [4.78, 5) is 12.4. The maximum Gasteiger partial charge on any atom is 0.339 e. The predicted molar refractivity (Wildman–Crippen MR) is 95.6 cm³/mol. The van der Waals surface area contributed by atoms with Gasteiger partial charge in [0.15, 0.2) is 0 Å². The highest BCUT2D eigenvalue weighted by atomic mass is 16.7. The van der Waals surface area contributed by atoms with Crippen LogP contribution in [0.4, 0.5) is 0 Å². The number of aliphatic hydroxyl groups excluding tert-OH is 1. The molecule has 4 N–H and O–H groups in total. The monoisotopic (exact) mass is 366 g/mol. The average Bonchev–Trinajstić information content (AvgIpc) is 2.91. The van der Waals surface area contributed by atoms with Gasteiger partial charge in [0.05, 0.1) is 6.10 Å². The van der Waals surface area contributed by atoms with Crippen LogP contribution in [0.1, 0.15) is 71.6 Å². The lowest BCUT2D eigenvalue weighted by atomic mass is 9.44. The largest absolute Gasteiger partial charge is 0.393 e. The van der Waals surface area contributed by atoms with Crippen molar-refractivity contribution in [3.05, 3.63) is 0 Å². The van der Waals surface area contributed by atoms with Crippen molar-refractivity contribution < 1.29 is 25.2 Å². The van der Waals surface area contributed by atoms with Crippen LogP contribution >= 0.6 is 0 Å². The molecular formula is C21H34O5. The van der Waals surface area contributed by atoms with E-state index < -0.39 is 17.7 Å². The Morgan fingerprint density at radius 3 is 2.35 bits per heavy atom. The van der Waals surface area contributed by atoms with E-state index in [2.05, 4.69) is 13.8 Å². The van der Waals surface area contributed by atoms with Gasteiger partial charge in [-0.25, -0.2) is 0 Å². The van der Waals surface area contributed by atoms with Gasteiger partial charge < -0.3 is 20.4 Å². The Kier molecular flexibility index (Phi) is 4.35. The van der Waals surface area contributed by atoms with Crippen LogP contribution < -0.4 is 0 Å². The van der Waals surface area contributed by atoms with Crippen molar-refractivity contribution in [3.63, 3.8) is 0 Å². The molecule has 0 radical (unpaired) electrons. The molecule has 0 bridgehead atoms. The first kappa shape index (κ1) is 18.9. The normalized spacial score (nSPS) is 51.3. The molecule has 8 atom stereocenters. The molecule has 0 aromatic rings. The first-order valence-corrected chi connectivity index (χ1v) is 10.5. The van der Waals surface area contributed by atoms with Crippen LogP contribution in [-0.2, 0) is 4.79 Å². The number of hydrogen-bond donors (Lipinski definition) is 4. The molecule has 0 aromatic carbocycles. The van der Waals surface area contributed by atoms with Gasteiger partial charge in [-0.1, -0.05) is 20.3 Å². The third-order valence-corrected chi connectivity index (χ3v) is 9.36. The van der Waals surface area contributed by atoms with Gasteiger partial charge in [-0.05, 0) is 85.9 Å². The number of hydrogen-bond acceptors (Lipinski definition) is 5. The fraction of sp³-hybridized carbons (Fsp3) is 0.952. The molecule has 4 rings (SSSR count). The molecule has 26 heavy (non-hydrogen) atoms. The molecule has 5 nitrogen and oxygen atoms in total. The number of fused-ring (bicyclic) bond motifs is 5. The molecular weight excluding hydrogens is 332 g/mol. The summed E-state index contributed by atoms with van der Waals surface area (Å²) in [6.07, 6.45) is 8.71. The molecule has 4 aliphatic rings. The van der Waals surface area contributed by atoms with Crippen LogP contribution in [0.5, 0.6) is 0 Å². The van der Waals surface area contributed by atoms with E-state index in [9.17, 15) is 25.2 Å². The van der Waals surface area contributed by atoms with Crippen LogP contribution in [0.2, 0.25) is 0 Å². The van der Waals surface area contributed by atoms with Crippen molar-refractivity contribution in [2.75, 3.05) is 0 Å². The van der Waals surface area contributed by atoms with Crippen molar-refractivity contribution in [2.24, 2.45) is 40.4 Å². The molecule has 0 aliphatic heterocycles. The van der Waals surface area contributed by atoms with Crippen LogP contribution in [0.25, 0.3) is 0 Å². The van der Waals surface area contributed by atoms with E-state index in [1.165, 1.54) is 6.42 Å². The lowest BCUT2D eigenvalue weighted by molar-refractivity contribution is -0.291. The van der Waals surface area contributed by atoms with Crippen LogP contribution in [0, 0.1) is 40.4 Å². The van der Waals surface area contributed by atoms with E-state index in [1.54, 1.807) is 0 Å². The number of Topliss-reactive ketones (excluding diaryl/α,β-unsaturated/α-hetero) is 1. The first-order valence-electron chi connectivity index (χ1n) is 10.5. The highest BCUT2D eigenvalue weighted by molar-refractivity contribution is 5.87. The van der Waals surface area contributed by atoms with E-state index >= 15 is 0 Å². The molecule has 148 valence electrons. The van der Waals surface area contributed by atoms with E-state index in [0.29, 0.717) is 30.1 Å². The summed E-state index contributed by atoms with van der Waals surface area (Å²) in [6.45, 7) is 4.42. The molecule has 0 amide bonds. The fourth-order valence-electron chi connectivity index (χ4n) is 7.98. The standard InChI is InChI=1S/C21H34O5/c1-19-11-10-15-13(7-6-12-4-3-5-17(22)20(12,15)2)14(19)8-9-16(19)18(23)21(24,25)26/h12-17,22,24-26H,3-11H2,1-2H3/t12-,13-,14-,15-,16+,17?,19+,20-/m0/s1. The molecule has 0 spiro atoms. The van der Waals surface area contributed by atoms with Crippen LogP contribution in [0.15, 0.2) is 0 Å². The summed E-state index contributed by atoms with van der Waals surface area (Å²) >= 11 is 0. The zero-order valence-electron chi connectivity index (χ0n) is 16.0. The first-order chi connectivity index (χ1) is 12.1. The van der Waals surface area contributed by atoms with Crippen molar-refractivity contribution in [3.8, 4) is 0 Å². The van der Waals surface area contributed by atoms with Gasteiger partial charge in [0, 0.05) is 5.92 Å². The van der Waals surface area contributed by atoms with Gasteiger partial charge in [0.2, 0.25) is 5.78 Å². The van der Waals surface area contributed by atoms with Crippen molar-refractivity contribution in [1.82, 2.24) is 0 Å². The smallest absolute Gasteiger partial charge is 0.339 e. The average molecular weight is 366 g/mol. The molecule has 4 fully saturated rings. The molecule has 0 saturated heterocycles. The van der Waals surface area contributed by atoms with Gasteiger partial charge in [-0.2, -0.15) is 0 Å². The van der Waals surface area contributed by atoms with Crippen molar-refractivity contribution in [1.29, 1.82) is 0 Å². The zero-order chi connectivity index (χ0) is 18.9. The quantitative estimate of drug-likeness (QED) is 0.562. The summed E-state index contributed by atoms with van der Waals surface area (Å²) in [5.74, 6) is -2.59. The SMILES string of the molecule is C[C@@]12CC[C@H]3[C@@H](CC[C@@H]4CCCC(O)[C@@]43C)[C@@H]1CC[C@@H]2C(=O)C(O)(O)O. The minimum absolute atomic E-state index is 0.0146. The Morgan fingerprint density at radius 1 is 0.923 bits per heavy atom. The number of ketones is 1. The lowest BCUT2D eigenvalue weighted by Crippen LogP contribution is -2.58. The fourth-order valence-corrected chi connectivity index (χ4v) is 7.98. The maximum absolute atomic E-state index is 12.4. The molecule has 0 aromatic heterocycles. The topological polar surface area (TPSA) is 98.0 Å². The maximum atomic E-state index is 12.4. The second kappa shape index (κ2) is 6.00. The van der Waals surface area contributed by atoms with E-state index in [-0.39, 0.29) is 16.9 Å². The third kappa shape index (κ3) is 2.47. The Morgan fingerprint density at radius 2 is 1.65 bits per heavy atom. The van der Waals surface area contributed by atoms with Crippen LogP contribution in [-0.4, -0.2) is 38.3 Å². The van der Waals surface area contributed by atoms with E-state index in [1.807, 2.05) is 0 Å². The Bertz CT molecular complexity index is 583. The van der Waals surface area contributed by atoms with Crippen LogP contribution in [0.3, 0.4) is 0 Å². The van der Waals surface area contributed by atoms with Gasteiger partial charge in [0.25, 0.3) is 0 Å². The Labute approximate surface area is 155 Å². The lowest BCUT2D eigenvalue weighted by Gasteiger charge is -2.61. The summed E-state index contributed by atoms with van der Waals surface area (Å²) in [6, 6.07) is 0. The van der Waals surface area contributed by atoms with Gasteiger partial charge >= 0.3 is 5.97 Å². The van der Waals surface area contributed by atoms with Crippen molar-refractivity contribution >= 4 is 5.78 Å².